The van der Waals surface area contributed by atoms with Gasteiger partial charge in [-0.1, -0.05) is 191 Å². The highest BCUT2D eigenvalue weighted by molar-refractivity contribution is 6.99. The lowest BCUT2D eigenvalue weighted by atomic mass is 9.91. The van der Waals surface area contributed by atoms with Crippen molar-refractivity contribution in [2.75, 3.05) is 6.61 Å². The van der Waals surface area contributed by atoms with Crippen LogP contribution in [0.4, 0.5) is 0 Å². The van der Waals surface area contributed by atoms with E-state index in [1.165, 1.54) is 57.8 Å². The van der Waals surface area contributed by atoms with E-state index in [-0.39, 0.29) is 16.7 Å². The van der Waals surface area contributed by atoms with E-state index in [1.54, 1.807) is 0 Å². The minimum absolute atomic E-state index is 0.0683. The van der Waals surface area contributed by atoms with Crippen molar-refractivity contribution < 1.29 is 18.8 Å². The number of hydrogen-bond acceptors (Lipinski definition) is 4. The van der Waals surface area contributed by atoms with Gasteiger partial charge in [-0.25, -0.2) is 0 Å². The van der Waals surface area contributed by atoms with Gasteiger partial charge < -0.3 is 14.0 Å². The number of benzene rings is 2. The molecule has 0 spiro atoms. The number of unbranched alkanes of at least 4 members (excludes halogenated alkanes) is 11. The van der Waals surface area contributed by atoms with Gasteiger partial charge in [-0.05, 0) is 45.5 Å². The SMILES string of the molecule is CCCCCCCCCCCCCC[C@H](C(=O)O)[C@@H](O[Si](C)(C)C(C)(C)C)[C@H](CO[Si](c1ccccc1)(c1ccccc1)C(C)(C)C)N=[N+]=[N-]. The van der Waals surface area contributed by atoms with E-state index in [2.05, 4.69) is 95.9 Å². The third kappa shape index (κ3) is 13.0. The van der Waals surface area contributed by atoms with Crippen LogP contribution in [-0.2, 0) is 13.6 Å². The standard InChI is InChI=1S/C41H69N3O4Si2/c1-10-11-12-13-14-15-16-17-18-19-20-27-32-36(39(45)46)38(48-49(8,9)40(2,3)4)37(43-44-42)33-47-50(41(5,6)7,34-28-23-21-24-29-34)35-30-25-22-26-31-35/h21-26,28-31,36-38H,10-20,27,32-33H2,1-9H3,(H,45,46)/t36-,37-,38+/m0/s1. The fraction of sp³-hybridized carbons (Fsp3) is 0.683. The Kier molecular flexibility index (Phi) is 18.5. The van der Waals surface area contributed by atoms with E-state index in [1.807, 2.05) is 36.4 Å². The van der Waals surface area contributed by atoms with Crippen LogP contribution >= 0.6 is 0 Å². The van der Waals surface area contributed by atoms with Crippen LogP contribution in [-0.4, -0.2) is 46.5 Å². The molecule has 0 heterocycles. The molecule has 9 heteroatoms. The number of azide groups is 1. The highest BCUT2D eigenvalue weighted by Crippen LogP contribution is 2.41. The third-order valence-electron chi connectivity index (χ3n) is 10.8. The lowest BCUT2D eigenvalue weighted by molar-refractivity contribution is -0.146. The number of nitrogens with zero attached hydrogens (tertiary/aromatic N) is 3. The van der Waals surface area contributed by atoms with Crippen molar-refractivity contribution in [2.24, 2.45) is 11.0 Å². The monoisotopic (exact) mass is 723 g/mol. The second-order valence-corrected chi connectivity index (χ2v) is 25.8. The molecule has 0 aliphatic rings. The van der Waals surface area contributed by atoms with Gasteiger partial charge in [0.2, 0.25) is 0 Å². The van der Waals surface area contributed by atoms with E-state index in [0.29, 0.717) is 6.42 Å². The molecule has 0 aromatic heterocycles. The number of carbonyl (C=O) groups is 1. The largest absolute Gasteiger partial charge is 0.481 e. The van der Waals surface area contributed by atoms with Gasteiger partial charge >= 0.3 is 5.97 Å². The van der Waals surface area contributed by atoms with Crippen molar-refractivity contribution in [3.8, 4) is 0 Å². The predicted molar refractivity (Wildman–Crippen MR) is 215 cm³/mol. The molecule has 0 saturated heterocycles. The normalized spacial score (nSPS) is 14.5. The molecule has 2 aromatic carbocycles. The molecule has 0 unspecified atom stereocenters. The third-order valence-corrected chi connectivity index (χ3v) is 20.3. The summed E-state index contributed by atoms with van der Waals surface area (Å²) >= 11 is 0. The Morgan fingerprint density at radius 2 is 1.20 bits per heavy atom. The zero-order chi connectivity index (χ0) is 37.3. The Bertz CT molecular complexity index is 1250. The zero-order valence-corrected chi connectivity index (χ0v) is 34.9. The molecule has 2 aromatic rings. The van der Waals surface area contributed by atoms with Crippen LogP contribution in [0.25, 0.3) is 10.4 Å². The number of aliphatic carboxylic acids is 1. The average molecular weight is 724 g/mol. The molecule has 1 N–H and O–H groups in total. The molecule has 0 aliphatic carbocycles. The van der Waals surface area contributed by atoms with Gasteiger partial charge in [0, 0.05) is 11.5 Å². The van der Waals surface area contributed by atoms with Crippen molar-refractivity contribution >= 4 is 33.0 Å². The zero-order valence-electron chi connectivity index (χ0n) is 32.9. The number of rotatable bonds is 24. The summed E-state index contributed by atoms with van der Waals surface area (Å²) in [5, 5.41) is 16.8. The Hall–Kier alpha value is -2.43. The highest BCUT2D eigenvalue weighted by Gasteiger charge is 2.51. The number of hydrogen-bond donors (Lipinski definition) is 1. The van der Waals surface area contributed by atoms with Crippen molar-refractivity contribution in [3.63, 3.8) is 0 Å². The maximum absolute atomic E-state index is 13.1. The molecule has 2 rings (SSSR count). The van der Waals surface area contributed by atoms with Crippen molar-refractivity contribution in [1.82, 2.24) is 0 Å². The minimum Gasteiger partial charge on any atom is -0.481 e. The summed E-state index contributed by atoms with van der Waals surface area (Å²) in [7, 11) is -5.46. The quantitative estimate of drug-likeness (QED) is 0.0383. The molecular formula is C41H69N3O4Si2. The van der Waals surface area contributed by atoms with Gasteiger partial charge in [0.05, 0.1) is 18.1 Å². The molecule has 0 aliphatic heterocycles. The fourth-order valence-corrected chi connectivity index (χ4v) is 12.7. The maximum atomic E-state index is 13.1. The Morgan fingerprint density at radius 1 is 0.760 bits per heavy atom. The van der Waals surface area contributed by atoms with Crippen LogP contribution in [0.5, 0.6) is 0 Å². The molecule has 0 radical (unpaired) electrons. The lowest BCUT2D eigenvalue weighted by Crippen LogP contribution is -2.67. The van der Waals surface area contributed by atoms with Gasteiger partial charge in [-0.3, -0.25) is 4.79 Å². The fourth-order valence-electron chi connectivity index (χ4n) is 6.81. The summed E-state index contributed by atoms with van der Waals surface area (Å²) in [4.78, 5) is 16.4. The summed E-state index contributed by atoms with van der Waals surface area (Å²) in [6.45, 7) is 19.7. The van der Waals surface area contributed by atoms with Gasteiger partial charge in [0.25, 0.3) is 8.32 Å². The topological polar surface area (TPSA) is 105 Å². The molecule has 50 heavy (non-hydrogen) atoms. The maximum Gasteiger partial charge on any atom is 0.309 e. The average Bonchev–Trinajstić information content (AvgIpc) is 3.05. The number of carboxylic acid groups (broad SMARTS) is 1. The van der Waals surface area contributed by atoms with E-state index in [4.69, 9.17) is 8.85 Å². The lowest BCUT2D eigenvalue weighted by Gasteiger charge is -2.45. The van der Waals surface area contributed by atoms with Crippen LogP contribution in [0.15, 0.2) is 65.8 Å². The van der Waals surface area contributed by atoms with Crippen molar-refractivity contribution in [2.45, 2.75) is 167 Å². The van der Waals surface area contributed by atoms with E-state index >= 15 is 0 Å². The Labute approximate surface area is 306 Å². The second-order valence-electron chi connectivity index (χ2n) is 16.7. The van der Waals surface area contributed by atoms with Gasteiger partial charge in [0.1, 0.15) is 0 Å². The van der Waals surface area contributed by atoms with Gasteiger partial charge in [-0.15, -0.1) is 0 Å². The summed E-state index contributed by atoms with van der Waals surface area (Å²) in [5.41, 5.74) is 9.90. The Morgan fingerprint density at radius 3 is 1.58 bits per heavy atom. The first-order valence-electron chi connectivity index (χ1n) is 19.3. The van der Waals surface area contributed by atoms with Crippen molar-refractivity contribution in [3.05, 3.63) is 71.1 Å². The molecule has 0 fully saturated rings. The first kappa shape index (κ1) is 43.7. The molecule has 7 nitrogen and oxygen atoms in total. The smallest absolute Gasteiger partial charge is 0.309 e. The van der Waals surface area contributed by atoms with Crippen LogP contribution < -0.4 is 10.4 Å². The Balaban J connectivity index is 2.35. The van der Waals surface area contributed by atoms with Crippen LogP contribution in [0, 0.1) is 5.92 Å². The van der Waals surface area contributed by atoms with Crippen molar-refractivity contribution in [1.29, 1.82) is 0 Å². The summed E-state index contributed by atoms with van der Waals surface area (Å²) in [6.07, 6.45) is 14.2. The molecule has 0 saturated carbocycles. The summed E-state index contributed by atoms with van der Waals surface area (Å²) in [5.74, 6) is -1.72. The predicted octanol–water partition coefficient (Wildman–Crippen LogP) is 11.4. The van der Waals surface area contributed by atoms with Crippen LogP contribution in [0.2, 0.25) is 23.2 Å². The summed E-state index contributed by atoms with van der Waals surface area (Å²) in [6, 6.07) is 19.9. The van der Waals surface area contributed by atoms with Gasteiger partial charge in [0.15, 0.2) is 8.32 Å². The first-order chi connectivity index (χ1) is 23.6. The first-order valence-corrected chi connectivity index (χ1v) is 24.1. The number of carboxylic acids is 1. The molecular weight excluding hydrogens is 655 g/mol. The molecule has 3 atom stereocenters. The second kappa shape index (κ2) is 21.2. The minimum atomic E-state index is -2.98. The van der Waals surface area contributed by atoms with E-state index in [0.717, 1.165) is 29.6 Å². The van der Waals surface area contributed by atoms with Gasteiger partial charge in [-0.2, -0.15) is 0 Å². The van der Waals surface area contributed by atoms with E-state index in [9.17, 15) is 15.4 Å². The summed E-state index contributed by atoms with van der Waals surface area (Å²) < 4.78 is 14.2. The van der Waals surface area contributed by atoms with Crippen LogP contribution in [0.3, 0.4) is 0 Å². The molecule has 0 amide bonds. The van der Waals surface area contributed by atoms with Crippen LogP contribution in [0.1, 0.15) is 132 Å². The molecule has 0 bridgehead atoms. The highest BCUT2D eigenvalue weighted by atomic mass is 28.4. The molecule has 280 valence electrons. The van der Waals surface area contributed by atoms with E-state index < -0.39 is 40.7 Å².